The summed E-state index contributed by atoms with van der Waals surface area (Å²) in [6, 6.07) is 9.51. The van der Waals surface area contributed by atoms with E-state index in [0.717, 1.165) is 41.3 Å². The van der Waals surface area contributed by atoms with Gasteiger partial charge < -0.3 is 13.7 Å². The molecule has 3 rings (SSSR count). The van der Waals surface area contributed by atoms with Crippen molar-refractivity contribution in [2.24, 2.45) is 5.92 Å². The number of fused-ring (bicyclic) bond motifs is 3. The molecule has 43 heavy (non-hydrogen) atoms. The number of hydrogen-bond acceptors (Lipinski definition) is 4. The number of hydrogen-bond donors (Lipinski definition) is 1. The van der Waals surface area contributed by atoms with Gasteiger partial charge in [-0.2, -0.15) is 0 Å². The van der Waals surface area contributed by atoms with Gasteiger partial charge in [0.05, 0.1) is 6.61 Å². The average Bonchev–Trinajstić information content (AvgIpc) is 3.12. The van der Waals surface area contributed by atoms with E-state index in [2.05, 4.69) is 113 Å². The topological polar surface area (TPSA) is 47.5 Å². The number of benzene rings is 2. The van der Waals surface area contributed by atoms with Crippen molar-refractivity contribution in [3.8, 4) is 0 Å². The zero-order chi connectivity index (χ0) is 31.9. The molecule has 1 N–H and O–H groups in total. The fourth-order valence-corrected chi connectivity index (χ4v) is 7.07. The van der Waals surface area contributed by atoms with Crippen molar-refractivity contribution in [2.45, 2.75) is 151 Å². The SMILES string of the molecule is CCCCCC(C)c1cc(C(C)C)c2op(OCC(CC)(CC)NCC(C)C)oc3c(C(C)C)cc(C(C)C)cc3c2c1. The molecule has 0 bridgehead atoms. The Labute approximate surface area is 264 Å². The first-order chi connectivity index (χ1) is 20.4. The molecule has 4 nitrogen and oxygen atoms in total. The second-order valence-corrected chi connectivity index (χ2v) is 15.3. The Balaban J connectivity index is 2.36. The predicted molar refractivity (Wildman–Crippen MR) is 189 cm³/mol. The molecular formula is C38H62NO3P. The zero-order valence-corrected chi connectivity index (χ0v) is 30.4. The lowest BCUT2D eigenvalue weighted by Gasteiger charge is -2.33. The summed E-state index contributed by atoms with van der Waals surface area (Å²) < 4.78 is 20.5. The second-order valence-electron chi connectivity index (χ2n) is 14.3. The molecule has 2 aromatic carbocycles. The summed E-state index contributed by atoms with van der Waals surface area (Å²) >= 11 is 0. The highest BCUT2D eigenvalue weighted by molar-refractivity contribution is 7.31. The molecule has 3 aromatic rings. The van der Waals surface area contributed by atoms with E-state index in [-0.39, 0.29) is 5.54 Å². The summed E-state index contributed by atoms with van der Waals surface area (Å²) in [7, 11) is -1.66. The van der Waals surface area contributed by atoms with E-state index in [1.807, 2.05) is 0 Å². The minimum Gasteiger partial charge on any atom is -0.399 e. The van der Waals surface area contributed by atoms with E-state index < -0.39 is 8.24 Å². The van der Waals surface area contributed by atoms with Gasteiger partial charge in [-0.05, 0) is 89.8 Å². The van der Waals surface area contributed by atoms with E-state index in [9.17, 15) is 0 Å². The molecule has 0 spiro atoms. The molecule has 5 heteroatoms. The standard InChI is InChI=1S/C38H62NO3P/c1-13-16-17-18-29(12)31-21-33(28(10)11)37-35(22-31)34-20-30(26(6)7)19-32(27(8)9)36(34)41-43(42-37)40-24-38(14-2,15-3)39-23-25(4)5/h19-22,25-29,39H,13-18,23-24H2,1-12H3. The monoisotopic (exact) mass is 611 g/mol. The van der Waals surface area contributed by atoms with Gasteiger partial charge in [-0.15, -0.1) is 0 Å². The van der Waals surface area contributed by atoms with Gasteiger partial charge in [0, 0.05) is 16.3 Å². The van der Waals surface area contributed by atoms with Crippen molar-refractivity contribution in [1.82, 2.24) is 5.32 Å². The van der Waals surface area contributed by atoms with Crippen molar-refractivity contribution in [3.05, 3.63) is 46.5 Å². The van der Waals surface area contributed by atoms with Gasteiger partial charge in [-0.1, -0.05) is 114 Å². The zero-order valence-electron chi connectivity index (χ0n) is 29.5. The van der Waals surface area contributed by atoms with E-state index in [0.29, 0.717) is 36.2 Å². The number of nitrogens with one attached hydrogen (secondary N) is 1. The molecule has 0 saturated carbocycles. The van der Waals surface area contributed by atoms with Crippen LogP contribution in [0.3, 0.4) is 0 Å². The van der Waals surface area contributed by atoms with Crippen molar-refractivity contribution in [1.29, 1.82) is 0 Å². The van der Waals surface area contributed by atoms with Gasteiger partial charge in [0.2, 0.25) is 0 Å². The molecule has 0 aliphatic carbocycles. The van der Waals surface area contributed by atoms with Crippen LogP contribution in [0.2, 0.25) is 0 Å². The summed E-state index contributed by atoms with van der Waals surface area (Å²) in [4.78, 5) is 0. The maximum atomic E-state index is 6.90. The van der Waals surface area contributed by atoms with Gasteiger partial charge in [0.1, 0.15) is 11.2 Å². The Kier molecular flexibility index (Phi) is 13.3. The predicted octanol–water partition coefficient (Wildman–Crippen LogP) is 12.6. The Morgan fingerprint density at radius 2 is 1.26 bits per heavy atom. The highest BCUT2D eigenvalue weighted by Gasteiger charge is 2.28. The average molecular weight is 612 g/mol. The fraction of sp³-hybridized carbons (Fsp3) is 0.684. The maximum Gasteiger partial charge on any atom is 0.387 e. The Morgan fingerprint density at radius 1 is 0.721 bits per heavy atom. The van der Waals surface area contributed by atoms with E-state index in [1.54, 1.807) is 0 Å². The molecule has 0 aliphatic heterocycles. The number of unbranched alkanes of at least 4 members (excludes halogenated alkanes) is 2. The van der Waals surface area contributed by atoms with E-state index in [4.69, 9.17) is 12.9 Å². The lowest BCUT2D eigenvalue weighted by Crippen LogP contribution is -2.50. The summed E-state index contributed by atoms with van der Waals surface area (Å²) in [5.74, 6) is 2.09. The summed E-state index contributed by atoms with van der Waals surface area (Å²) in [5, 5.41) is 6.13. The first kappa shape index (κ1) is 35.7. The molecule has 0 fully saturated rings. The van der Waals surface area contributed by atoms with Crippen molar-refractivity contribution in [3.63, 3.8) is 0 Å². The summed E-state index contributed by atoms with van der Waals surface area (Å²) in [5.41, 5.74) is 6.98. The molecular weight excluding hydrogens is 549 g/mol. The molecule has 1 aromatic heterocycles. The lowest BCUT2D eigenvalue weighted by atomic mass is 9.88. The molecule has 2 atom stereocenters. The van der Waals surface area contributed by atoms with Gasteiger partial charge in [0.15, 0.2) is 0 Å². The third-order valence-electron chi connectivity index (χ3n) is 9.31. The first-order valence-corrected chi connectivity index (χ1v) is 18.4. The maximum absolute atomic E-state index is 6.90. The molecule has 2 unspecified atom stereocenters. The first-order valence-electron chi connectivity index (χ1n) is 17.3. The molecule has 0 radical (unpaired) electrons. The third-order valence-corrected chi connectivity index (χ3v) is 10.3. The smallest absolute Gasteiger partial charge is 0.387 e. The summed E-state index contributed by atoms with van der Waals surface area (Å²) in [6.45, 7) is 28.8. The van der Waals surface area contributed by atoms with Crippen molar-refractivity contribution < 1.29 is 12.9 Å². The van der Waals surface area contributed by atoms with Crippen LogP contribution in [-0.2, 0) is 0 Å². The minimum atomic E-state index is -1.66. The van der Waals surface area contributed by atoms with Crippen LogP contribution in [-0.4, -0.2) is 18.7 Å². The van der Waals surface area contributed by atoms with Crippen LogP contribution in [0.15, 0.2) is 32.7 Å². The van der Waals surface area contributed by atoms with Gasteiger partial charge in [0.25, 0.3) is 0 Å². The fourth-order valence-electron chi connectivity index (χ4n) is 5.87. The molecule has 0 aliphatic rings. The normalized spacial score (nSPS) is 13.8. The van der Waals surface area contributed by atoms with Crippen LogP contribution in [0.1, 0.15) is 168 Å². The highest BCUT2D eigenvalue weighted by atomic mass is 31.1. The molecule has 242 valence electrons. The Morgan fingerprint density at radius 3 is 1.72 bits per heavy atom. The van der Waals surface area contributed by atoms with E-state index in [1.165, 1.54) is 47.9 Å². The van der Waals surface area contributed by atoms with Crippen LogP contribution in [0.25, 0.3) is 21.9 Å². The van der Waals surface area contributed by atoms with Crippen molar-refractivity contribution in [2.75, 3.05) is 13.2 Å². The third kappa shape index (κ3) is 8.93. The highest BCUT2D eigenvalue weighted by Crippen LogP contribution is 2.43. The molecule has 0 saturated heterocycles. The van der Waals surface area contributed by atoms with Crippen LogP contribution in [0.5, 0.6) is 0 Å². The van der Waals surface area contributed by atoms with Crippen LogP contribution in [0.4, 0.5) is 0 Å². The summed E-state index contributed by atoms with van der Waals surface area (Å²) in [6.07, 6.45) is 6.96. The lowest BCUT2D eigenvalue weighted by molar-refractivity contribution is 0.193. The minimum absolute atomic E-state index is 0.113. The van der Waals surface area contributed by atoms with Crippen LogP contribution in [0, 0.1) is 5.92 Å². The number of rotatable bonds is 16. The Bertz CT molecular complexity index is 1350. The van der Waals surface area contributed by atoms with Gasteiger partial charge in [-0.3, -0.25) is 4.52 Å². The Hall–Kier alpha value is -1.74. The molecule has 1 heterocycles. The van der Waals surface area contributed by atoms with Crippen LogP contribution >= 0.6 is 8.24 Å². The quantitative estimate of drug-likeness (QED) is 0.164. The second kappa shape index (κ2) is 16.0. The van der Waals surface area contributed by atoms with E-state index >= 15 is 0 Å². The van der Waals surface area contributed by atoms with Gasteiger partial charge >= 0.3 is 8.24 Å². The van der Waals surface area contributed by atoms with Gasteiger partial charge in [-0.25, -0.2) is 0 Å². The van der Waals surface area contributed by atoms with Crippen molar-refractivity contribution >= 4 is 30.2 Å². The molecule has 0 amide bonds. The van der Waals surface area contributed by atoms with Crippen LogP contribution < -0.4 is 9.84 Å². The largest absolute Gasteiger partial charge is 0.399 e.